The van der Waals surface area contributed by atoms with Crippen molar-refractivity contribution >= 4 is 40.0 Å². The molecule has 9 heteroatoms. The number of piperidine rings is 1. The van der Waals surface area contributed by atoms with Crippen molar-refractivity contribution in [2.45, 2.75) is 31.8 Å². The fraction of sp³-hybridized carbons (Fsp3) is 0.433. The number of carbonyl (C=O) groups is 2. The molecule has 0 radical (unpaired) electrons. The summed E-state index contributed by atoms with van der Waals surface area (Å²) < 4.78 is 5.56. The number of amides is 2. The van der Waals surface area contributed by atoms with Gasteiger partial charge >= 0.3 is 0 Å². The van der Waals surface area contributed by atoms with E-state index >= 15 is 0 Å². The Hall–Kier alpha value is -3.36. The maximum Gasteiger partial charge on any atom is 0.272 e. The van der Waals surface area contributed by atoms with Gasteiger partial charge in [-0.25, -0.2) is 0 Å². The second-order valence-corrected chi connectivity index (χ2v) is 11.1. The maximum absolute atomic E-state index is 13.6. The van der Waals surface area contributed by atoms with E-state index in [0.29, 0.717) is 56.6 Å². The highest BCUT2D eigenvalue weighted by atomic mass is 35.5. The van der Waals surface area contributed by atoms with Crippen molar-refractivity contribution in [3.8, 4) is 11.1 Å². The molecule has 1 aromatic heterocycles. The van der Waals surface area contributed by atoms with Crippen molar-refractivity contribution < 1.29 is 14.3 Å². The lowest BCUT2D eigenvalue weighted by Gasteiger charge is -2.40. The molecule has 4 heterocycles. The summed E-state index contributed by atoms with van der Waals surface area (Å²) in [6.45, 7) is 3.93. The Bertz CT molecular complexity index is 1430. The van der Waals surface area contributed by atoms with Gasteiger partial charge < -0.3 is 24.4 Å². The van der Waals surface area contributed by atoms with Crippen LogP contribution >= 0.6 is 11.6 Å². The van der Waals surface area contributed by atoms with Gasteiger partial charge in [0.05, 0.1) is 5.92 Å². The summed E-state index contributed by atoms with van der Waals surface area (Å²) in [7, 11) is 0. The van der Waals surface area contributed by atoms with Crippen molar-refractivity contribution in [2.24, 2.45) is 5.92 Å². The number of hydrogen-bond acceptors (Lipinski definition) is 5. The summed E-state index contributed by atoms with van der Waals surface area (Å²) in [6, 6.07) is 15.4. The molecule has 1 N–H and O–H groups in total. The van der Waals surface area contributed by atoms with E-state index in [2.05, 4.69) is 9.88 Å². The minimum atomic E-state index is -0.326. The molecule has 3 saturated heterocycles. The Morgan fingerprint density at radius 2 is 1.64 bits per heavy atom. The number of anilines is 1. The van der Waals surface area contributed by atoms with Crippen LogP contribution in [0.2, 0.25) is 5.02 Å². The third kappa shape index (κ3) is 5.15. The Morgan fingerprint density at radius 1 is 0.897 bits per heavy atom. The Labute approximate surface area is 232 Å². The number of nitrogens with one attached hydrogen (secondary N) is 1. The van der Waals surface area contributed by atoms with Gasteiger partial charge in [-0.3, -0.25) is 14.4 Å². The lowest BCUT2D eigenvalue weighted by atomic mass is 9.93. The number of hydrogen-bond donors (Lipinski definition) is 1. The van der Waals surface area contributed by atoms with E-state index in [1.807, 2.05) is 52.3 Å². The number of aromatic amines is 1. The predicted octanol–water partition coefficient (Wildman–Crippen LogP) is 3.91. The van der Waals surface area contributed by atoms with Gasteiger partial charge in [-0.2, -0.15) is 0 Å². The Balaban J connectivity index is 1.23. The first-order chi connectivity index (χ1) is 19.0. The van der Waals surface area contributed by atoms with E-state index in [4.69, 9.17) is 16.3 Å². The molecule has 3 aromatic rings. The van der Waals surface area contributed by atoms with Crippen molar-refractivity contribution in [1.82, 2.24) is 14.8 Å². The maximum atomic E-state index is 13.6. The average Bonchev–Trinajstić information content (AvgIpc) is 3.52. The smallest absolute Gasteiger partial charge is 0.272 e. The molecule has 3 aliphatic heterocycles. The molecule has 8 nitrogen and oxygen atoms in total. The van der Waals surface area contributed by atoms with Crippen molar-refractivity contribution in [3.05, 3.63) is 63.9 Å². The monoisotopic (exact) mass is 548 g/mol. The third-order valence-electron chi connectivity index (χ3n) is 8.21. The van der Waals surface area contributed by atoms with Crippen LogP contribution in [0, 0.1) is 5.92 Å². The number of aromatic nitrogens is 1. The highest BCUT2D eigenvalue weighted by Crippen LogP contribution is 2.37. The molecule has 2 atom stereocenters. The van der Waals surface area contributed by atoms with E-state index in [9.17, 15) is 14.4 Å². The molecule has 3 fully saturated rings. The molecule has 0 unspecified atom stereocenters. The number of halogens is 1. The number of ether oxygens (including phenoxy) is 1. The van der Waals surface area contributed by atoms with E-state index in [0.717, 1.165) is 47.7 Å². The third-order valence-corrected chi connectivity index (χ3v) is 8.44. The van der Waals surface area contributed by atoms with Crippen LogP contribution in [0.3, 0.4) is 0 Å². The van der Waals surface area contributed by atoms with Crippen LogP contribution in [0.5, 0.6) is 0 Å². The van der Waals surface area contributed by atoms with Gasteiger partial charge in [0, 0.05) is 67.4 Å². The SMILES string of the molecule is O=C([C@@H]1CCCN(c2c(-c3ccccc3)c3cc(Cl)ccc3[nH]c2=O)C1)N1CCN(C(=O)[C@@H]2CCCO2)CC1. The van der Waals surface area contributed by atoms with Gasteiger partial charge in [0.25, 0.3) is 11.5 Å². The van der Waals surface area contributed by atoms with Crippen LogP contribution in [0.15, 0.2) is 53.3 Å². The summed E-state index contributed by atoms with van der Waals surface area (Å²) in [6.07, 6.45) is 2.97. The molecule has 204 valence electrons. The lowest BCUT2D eigenvalue weighted by molar-refractivity contribution is -0.147. The number of benzene rings is 2. The van der Waals surface area contributed by atoms with Gasteiger partial charge in [-0.15, -0.1) is 0 Å². The standard InChI is InChI=1S/C30H33ClN4O4/c31-22-10-11-24-23(18-22)26(20-6-2-1-3-7-20)27(28(36)32-24)35-12-4-8-21(19-35)29(37)33-13-15-34(16-14-33)30(38)25-9-5-17-39-25/h1-3,6-7,10-11,18,21,25H,4-5,8-9,12-17,19H2,(H,32,36)/t21-,25+/m1/s1. The summed E-state index contributed by atoms with van der Waals surface area (Å²) in [4.78, 5) is 48.7. The molecule has 3 aliphatic rings. The zero-order valence-corrected chi connectivity index (χ0v) is 22.7. The van der Waals surface area contributed by atoms with E-state index in [-0.39, 0.29) is 29.4 Å². The van der Waals surface area contributed by atoms with Crippen molar-refractivity contribution in [2.75, 3.05) is 50.8 Å². The number of H-pyrrole nitrogens is 1. The van der Waals surface area contributed by atoms with Crippen LogP contribution in [0.1, 0.15) is 25.7 Å². The van der Waals surface area contributed by atoms with Crippen molar-refractivity contribution in [3.63, 3.8) is 0 Å². The summed E-state index contributed by atoms with van der Waals surface area (Å²) in [5.74, 6) is -0.0600. The molecule has 39 heavy (non-hydrogen) atoms. The normalized spacial score (nSPS) is 21.9. The zero-order chi connectivity index (χ0) is 26.9. The van der Waals surface area contributed by atoms with Crippen LogP contribution in [0.25, 0.3) is 22.0 Å². The van der Waals surface area contributed by atoms with Gasteiger partial charge in [-0.1, -0.05) is 41.9 Å². The highest BCUT2D eigenvalue weighted by molar-refractivity contribution is 6.31. The molecular weight excluding hydrogens is 516 g/mol. The first-order valence-corrected chi connectivity index (χ1v) is 14.2. The van der Waals surface area contributed by atoms with E-state index < -0.39 is 0 Å². The first kappa shape index (κ1) is 25.9. The molecule has 0 saturated carbocycles. The van der Waals surface area contributed by atoms with Crippen LogP contribution in [0.4, 0.5) is 5.69 Å². The number of rotatable bonds is 4. The lowest BCUT2D eigenvalue weighted by Crippen LogP contribution is -2.55. The Morgan fingerprint density at radius 3 is 2.36 bits per heavy atom. The largest absolute Gasteiger partial charge is 0.368 e. The highest BCUT2D eigenvalue weighted by Gasteiger charge is 2.35. The topological polar surface area (TPSA) is 86.0 Å². The number of nitrogens with zero attached hydrogens (tertiary/aromatic N) is 3. The molecular formula is C30H33ClN4O4. The number of pyridine rings is 1. The van der Waals surface area contributed by atoms with E-state index in [1.165, 1.54) is 0 Å². The zero-order valence-electron chi connectivity index (χ0n) is 21.9. The van der Waals surface area contributed by atoms with Gasteiger partial charge in [-0.05, 0) is 49.4 Å². The van der Waals surface area contributed by atoms with Crippen LogP contribution in [-0.4, -0.2) is 78.6 Å². The predicted molar refractivity (Wildman–Crippen MR) is 152 cm³/mol. The second kappa shape index (κ2) is 11.0. The van der Waals surface area contributed by atoms with Gasteiger partial charge in [0.15, 0.2) is 0 Å². The molecule has 2 amide bonds. The summed E-state index contributed by atoms with van der Waals surface area (Å²) in [5.41, 5.74) is 2.92. The van der Waals surface area contributed by atoms with Crippen LogP contribution in [-0.2, 0) is 14.3 Å². The Kier molecular flexibility index (Phi) is 7.32. The number of fused-ring (bicyclic) bond motifs is 1. The summed E-state index contributed by atoms with van der Waals surface area (Å²) in [5, 5.41) is 1.48. The molecule has 6 rings (SSSR count). The fourth-order valence-corrected chi connectivity index (χ4v) is 6.39. The first-order valence-electron chi connectivity index (χ1n) is 13.8. The van der Waals surface area contributed by atoms with Gasteiger partial charge in [0.2, 0.25) is 5.91 Å². The average molecular weight is 549 g/mol. The molecule has 0 aliphatic carbocycles. The van der Waals surface area contributed by atoms with Crippen LogP contribution < -0.4 is 10.5 Å². The molecule has 0 spiro atoms. The summed E-state index contributed by atoms with van der Waals surface area (Å²) >= 11 is 6.39. The molecule has 0 bridgehead atoms. The van der Waals surface area contributed by atoms with Gasteiger partial charge in [0.1, 0.15) is 11.8 Å². The minimum absolute atomic E-state index is 0.0486. The quantitative estimate of drug-likeness (QED) is 0.534. The second-order valence-electron chi connectivity index (χ2n) is 10.7. The van der Waals surface area contributed by atoms with Crippen molar-refractivity contribution in [1.29, 1.82) is 0 Å². The fourth-order valence-electron chi connectivity index (χ4n) is 6.22. The molecule has 2 aromatic carbocycles. The van der Waals surface area contributed by atoms with E-state index in [1.54, 1.807) is 6.07 Å². The minimum Gasteiger partial charge on any atom is -0.368 e. The number of piperazine rings is 1. The number of carbonyl (C=O) groups excluding carboxylic acids is 2.